The first-order valence-corrected chi connectivity index (χ1v) is 7.80. The molecule has 21 heavy (non-hydrogen) atoms. The number of anilines is 1. The molecule has 0 aliphatic carbocycles. The summed E-state index contributed by atoms with van der Waals surface area (Å²) in [5.41, 5.74) is 1.04. The monoisotopic (exact) mass is 307 g/mol. The smallest absolute Gasteiger partial charge is 0.185 e. The zero-order chi connectivity index (χ0) is 15.5. The van der Waals surface area contributed by atoms with Gasteiger partial charge in [0.2, 0.25) is 0 Å². The number of rotatable bonds is 5. The van der Waals surface area contributed by atoms with Crippen LogP contribution >= 0.6 is 11.3 Å². The third kappa shape index (κ3) is 5.10. The molecule has 3 nitrogen and oxygen atoms in total. The van der Waals surface area contributed by atoms with Crippen LogP contribution < -0.4 is 10.2 Å². The van der Waals surface area contributed by atoms with Crippen LogP contribution in [0.2, 0.25) is 0 Å². The molecule has 0 saturated carbocycles. The Morgan fingerprint density at radius 3 is 2.76 bits per heavy atom. The fraction of sp³-hybridized carbons (Fsp3) is 0.438. The Kier molecular flexibility index (Phi) is 4.96. The van der Waals surface area contributed by atoms with E-state index >= 15 is 0 Å². The van der Waals surface area contributed by atoms with Gasteiger partial charge in [-0.15, -0.1) is 11.3 Å². The van der Waals surface area contributed by atoms with Crippen LogP contribution in [0.1, 0.15) is 31.2 Å². The van der Waals surface area contributed by atoms with Crippen molar-refractivity contribution in [3.8, 4) is 0 Å². The van der Waals surface area contributed by atoms with Crippen LogP contribution in [0.25, 0.3) is 0 Å². The Bertz CT molecular complexity index is 589. The minimum Gasteiger partial charge on any atom is -0.347 e. The number of aromatic nitrogens is 1. The molecular formula is C16H22FN3S. The molecule has 0 fully saturated rings. The molecule has 2 aromatic rings. The molecule has 0 amide bonds. The van der Waals surface area contributed by atoms with Gasteiger partial charge in [0.05, 0.1) is 0 Å². The number of nitrogens with one attached hydrogen (secondary N) is 1. The highest BCUT2D eigenvalue weighted by atomic mass is 32.1. The molecule has 1 heterocycles. The third-order valence-corrected chi connectivity index (χ3v) is 4.08. The lowest BCUT2D eigenvalue weighted by Gasteiger charge is -2.19. The molecule has 0 atom stereocenters. The highest BCUT2D eigenvalue weighted by Gasteiger charge is 2.12. The van der Waals surface area contributed by atoms with Gasteiger partial charge in [0, 0.05) is 36.8 Å². The predicted octanol–water partition coefficient (Wildman–Crippen LogP) is 3.81. The number of hydrogen-bond donors (Lipinski definition) is 1. The molecular weight excluding hydrogens is 285 g/mol. The summed E-state index contributed by atoms with van der Waals surface area (Å²) < 4.78 is 13.2. The van der Waals surface area contributed by atoms with Gasteiger partial charge in [-0.2, -0.15) is 0 Å². The molecule has 1 aromatic heterocycles. The maximum absolute atomic E-state index is 13.2. The van der Waals surface area contributed by atoms with E-state index < -0.39 is 0 Å². The van der Waals surface area contributed by atoms with Gasteiger partial charge in [0.15, 0.2) is 5.13 Å². The number of thiazole rings is 1. The average molecular weight is 307 g/mol. The quantitative estimate of drug-likeness (QED) is 0.910. The minimum absolute atomic E-state index is 0.0949. The topological polar surface area (TPSA) is 28.2 Å². The number of nitrogens with zero attached hydrogens (tertiary/aromatic N) is 2. The molecule has 5 heteroatoms. The van der Waals surface area contributed by atoms with E-state index in [2.05, 4.69) is 31.1 Å². The summed E-state index contributed by atoms with van der Waals surface area (Å²) in [5, 5.41) is 4.40. The predicted molar refractivity (Wildman–Crippen MR) is 87.2 cm³/mol. The lowest BCUT2D eigenvalue weighted by Crippen LogP contribution is -2.34. The van der Waals surface area contributed by atoms with Gasteiger partial charge in [-0.3, -0.25) is 0 Å². The van der Waals surface area contributed by atoms with Crippen LogP contribution in [0.3, 0.4) is 0 Å². The summed E-state index contributed by atoms with van der Waals surface area (Å²) in [7, 11) is 1.98. The molecule has 0 spiro atoms. The van der Waals surface area contributed by atoms with E-state index in [1.807, 2.05) is 24.2 Å². The van der Waals surface area contributed by atoms with Crippen molar-refractivity contribution in [3.05, 3.63) is 46.7 Å². The second kappa shape index (κ2) is 6.54. The first-order valence-electron chi connectivity index (χ1n) is 6.99. The maximum Gasteiger partial charge on any atom is 0.185 e. The third-order valence-electron chi connectivity index (χ3n) is 2.97. The van der Waals surface area contributed by atoms with Crippen LogP contribution in [-0.2, 0) is 13.1 Å². The van der Waals surface area contributed by atoms with Gasteiger partial charge < -0.3 is 10.2 Å². The van der Waals surface area contributed by atoms with Gasteiger partial charge >= 0.3 is 0 Å². The van der Waals surface area contributed by atoms with Crippen molar-refractivity contribution in [2.24, 2.45) is 0 Å². The van der Waals surface area contributed by atoms with Gasteiger partial charge in [-0.25, -0.2) is 9.37 Å². The Balaban J connectivity index is 1.97. The summed E-state index contributed by atoms with van der Waals surface area (Å²) in [4.78, 5) is 7.69. The molecule has 0 aliphatic heterocycles. The zero-order valence-electron chi connectivity index (χ0n) is 13.0. The molecule has 2 rings (SSSR count). The lowest BCUT2D eigenvalue weighted by atomic mass is 10.1. The molecule has 0 bridgehead atoms. The van der Waals surface area contributed by atoms with E-state index in [0.29, 0.717) is 6.54 Å². The fourth-order valence-electron chi connectivity index (χ4n) is 1.88. The zero-order valence-corrected chi connectivity index (χ0v) is 13.8. The summed E-state index contributed by atoms with van der Waals surface area (Å²) in [5.74, 6) is -0.199. The molecule has 0 radical (unpaired) electrons. The van der Waals surface area contributed by atoms with Crippen LogP contribution in [0.4, 0.5) is 9.52 Å². The first-order chi connectivity index (χ1) is 9.83. The van der Waals surface area contributed by atoms with E-state index in [1.165, 1.54) is 10.9 Å². The van der Waals surface area contributed by atoms with Crippen LogP contribution in [0.5, 0.6) is 0 Å². The van der Waals surface area contributed by atoms with Crippen molar-refractivity contribution >= 4 is 16.5 Å². The maximum atomic E-state index is 13.2. The summed E-state index contributed by atoms with van der Waals surface area (Å²) in [6, 6.07) is 6.68. The van der Waals surface area contributed by atoms with Crippen LogP contribution in [0.15, 0.2) is 30.5 Å². The van der Waals surface area contributed by atoms with Crippen LogP contribution in [-0.4, -0.2) is 17.6 Å². The van der Waals surface area contributed by atoms with E-state index in [4.69, 9.17) is 0 Å². The van der Waals surface area contributed by atoms with Crippen molar-refractivity contribution in [2.45, 2.75) is 39.4 Å². The summed E-state index contributed by atoms with van der Waals surface area (Å²) >= 11 is 1.66. The SMILES string of the molecule is CN(Cc1cccc(F)c1)c1ncc(CNC(C)(C)C)s1. The van der Waals surface area contributed by atoms with Crippen molar-refractivity contribution in [1.29, 1.82) is 0 Å². The number of hydrogen-bond acceptors (Lipinski definition) is 4. The minimum atomic E-state index is -0.199. The van der Waals surface area contributed by atoms with Crippen molar-refractivity contribution < 1.29 is 4.39 Å². The van der Waals surface area contributed by atoms with E-state index in [1.54, 1.807) is 23.5 Å². The highest BCUT2D eigenvalue weighted by molar-refractivity contribution is 7.15. The Morgan fingerprint density at radius 1 is 1.33 bits per heavy atom. The van der Waals surface area contributed by atoms with Gasteiger partial charge in [-0.05, 0) is 38.5 Å². The second-order valence-corrected chi connectivity index (χ2v) is 7.29. The Labute approximate surface area is 129 Å². The molecule has 1 N–H and O–H groups in total. The Morgan fingerprint density at radius 2 is 2.10 bits per heavy atom. The molecule has 1 aromatic carbocycles. The van der Waals surface area contributed by atoms with E-state index in [9.17, 15) is 4.39 Å². The lowest BCUT2D eigenvalue weighted by molar-refractivity contribution is 0.426. The molecule has 114 valence electrons. The Hall–Kier alpha value is -1.46. The number of halogens is 1. The second-order valence-electron chi connectivity index (χ2n) is 6.20. The molecule has 0 unspecified atom stereocenters. The molecule has 0 saturated heterocycles. The van der Waals surface area contributed by atoms with E-state index in [0.717, 1.165) is 17.2 Å². The van der Waals surface area contributed by atoms with Crippen molar-refractivity contribution in [1.82, 2.24) is 10.3 Å². The van der Waals surface area contributed by atoms with Crippen molar-refractivity contribution in [3.63, 3.8) is 0 Å². The largest absolute Gasteiger partial charge is 0.347 e. The normalized spacial score (nSPS) is 11.7. The van der Waals surface area contributed by atoms with Gasteiger partial charge in [0.25, 0.3) is 0 Å². The number of benzene rings is 1. The molecule has 0 aliphatic rings. The fourth-order valence-corrected chi connectivity index (χ4v) is 2.69. The standard InChI is InChI=1S/C16H22FN3S/c1-16(2,3)19-10-14-9-18-15(21-14)20(4)11-12-6-5-7-13(17)8-12/h5-9,19H,10-11H2,1-4H3. The summed E-state index contributed by atoms with van der Waals surface area (Å²) in [6.07, 6.45) is 1.90. The average Bonchev–Trinajstić information content (AvgIpc) is 2.84. The van der Waals surface area contributed by atoms with Crippen LogP contribution in [0, 0.1) is 5.82 Å². The summed E-state index contributed by atoms with van der Waals surface area (Å²) in [6.45, 7) is 7.90. The van der Waals surface area contributed by atoms with Gasteiger partial charge in [-0.1, -0.05) is 12.1 Å². The van der Waals surface area contributed by atoms with Gasteiger partial charge in [0.1, 0.15) is 5.82 Å². The van der Waals surface area contributed by atoms with Crippen molar-refractivity contribution in [2.75, 3.05) is 11.9 Å². The highest BCUT2D eigenvalue weighted by Crippen LogP contribution is 2.23. The van der Waals surface area contributed by atoms with E-state index in [-0.39, 0.29) is 11.4 Å². The first kappa shape index (κ1) is 15.9.